The van der Waals surface area contributed by atoms with Crippen molar-refractivity contribution in [3.05, 3.63) is 28.2 Å². The number of benzene rings is 1. The first-order chi connectivity index (χ1) is 9.72. The van der Waals surface area contributed by atoms with E-state index in [0.29, 0.717) is 10.0 Å². The molecule has 1 aliphatic heterocycles. The van der Waals surface area contributed by atoms with E-state index in [2.05, 4.69) is 22.8 Å². The van der Waals surface area contributed by atoms with Crippen molar-refractivity contribution in [3.8, 4) is 0 Å². The lowest BCUT2D eigenvalue weighted by molar-refractivity contribution is 0.252. The molecule has 1 saturated heterocycles. The minimum absolute atomic E-state index is 0.645. The molecule has 1 heterocycles. The molecule has 0 spiro atoms. The lowest BCUT2D eigenvalue weighted by Crippen LogP contribution is -2.46. The first kappa shape index (κ1) is 15.9. The first-order valence-corrected chi connectivity index (χ1v) is 8.39. The van der Waals surface area contributed by atoms with Gasteiger partial charge in [-0.15, -0.1) is 0 Å². The van der Waals surface area contributed by atoms with Crippen molar-refractivity contribution in [2.75, 3.05) is 37.6 Å². The predicted octanol–water partition coefficient (Wildman–Crippen LogP) is 4.70. The van der Waals surface area contributed by atoms with E-state index in [9.17, 15) is 0 Å². The summed E-state index contributed by atoms with van der Waals surface area (Å²) in [5.74, 6) is 0. The minimum atomic E-state index is 0.645. The summed E-state index contributed by atoms with van der Waals surface area (Å²) < 4.78 is 0. The summed E-state index contributed by atoms with van der Waals surface area (Å²) in [4.78, 5) is 4.90. The van der Waals surface area contributed by atoms with Gasteiger partial charge in [0.25, 0.3) is 0 Å². The molecule has 0 bridgehead atoms. The van der Waals surface area contributed by atoms with Gasteiger partial charge < -0.3 is 4.90 Å². The van der Waals surface area contributed by atoms with Gasteiger partial charge >= 0.3 is 0 Å². The molecule has 2 nitrogen and oxygen atoms in total. The Morgan fingerprint density at radius 2 is 1.75 bits per heavy atom. The number of nitrogens with zero attached hydrogens (tertiary/aromatic N) is 2. The lowest BCUT2D eigenvalue weighted by Gasteiger charge is -2.36. The number of anilines is 1. The summed E-state index contributed by atoms with van der Waals surface area (Å²) in [6.07, 6.45) is 5.35. The molecule has 1 aliphatic rings. The van der Waals surface area contributed by atoms with E-state index >= 15 is 0 Å². The fraction of sp³-hybridized carbons (Fsp3) is 0.625. The van der Waals surface area contributed by atoms with Crippen LogP contribution in [0, 0.1) is 0 Å². The topological polar surface area (TPSA) is 6.48 Å². The summed E-state index contributed by atoms with van der Waals surface area (Å²) in [7, 11) is 0. The van der Waals surface area contributed by atoms with Crippen LogP contribution in [-0.2, 0) is 0 Å². The van der Waals surface area contributed by atoms with Crippen LogP contribution in [0.15, 0.2) is 18.2 Å². The monoisotopic (exact) mass is 314 g/mol. The largest absolute Gasteiger partial charge is 0.368 e. The van der Waals surface area contributed by atoms with E-state index in [1.54, 1.807) is 0 Å². The van der Waals surface area contributed by atoms with Crippen molar-refractivity contribution < 1.29 is 0 Å². The number of piperazine rings is 1. The molecule has 0 atom stereocenters. The summed E-state index contributed by atoms with van der Waals surface area (Å²) in [5, 5.41) is 1.33. The van der Waals surface area contributed by atoms with Crippen LogP contribution in [0.2, 0.25) is 10.0 Å². The highest BCUT2D eigenvalue weighted by molar-refractivity contribution is 6.43. The molecule has 0 aliphatic carbocycles. The molecule has 4 heteroatoms. The Labute approximate surface area is 132 Å². The maximum Gasteiger partial charge on any atom is 0.0825 e. The standard InChI is InChI=1S/C16H24Cl2N2/c1-2-3-4-5-9-19-10-12-20(13-11-19)15-8-6-7-14(17)16(15)18/h6-8H,2-5,9-13H2,1H3. The second-order valence-corrected chi connectivity index (χ2v) is 6.25. The van der Waals surface area contributed by atoms with Gasteiger partial charge in [0.1, 0.15) is 0 Å². The molecule has 1 aromatic rings. The van der Waals surface area contributed by atoms with Crippen molar-refractivity contribution >= 4 is 28.9 Å². The normalized spacial score (nSPS) is 16.6. The highest BCUT2D eigenvalue weighted by Gasteiger charge is 2.19. The third kappa shape index (κ3) is 4.28. The maximum absolute atomic E-state index is 6.29. The first-order valence-electron chi connectivity index (χ1n) is 7.63. The van der Waals surface area contributed by atoms with Crippen molar-refractivity contribution in [2.24, 2.45) is 0 Å². The third-order valence-electron chi connectivity index (χ3n) is 3.97. The molecule has 0 amide bonds. The average Bonchev–Trinajstić information content (AvgIpc) is 2.47. The molecular formula is C16H24Cl2N2. The van der Waals surface area contributed by atoms with Crippen LogP contribution >= 0.6 is 23.2 Å². The van der Waals surface area contributed by atoms with Gasteiger partial charge in [0.05, 0.1) is 15.7 Å². The summed E-state index contributed by atoms with van der Waals surface area (Å²) in [6, 6.07) is 5.88. The summed E-state index contributed by atoms with van der Waals surface area (Å²) in [5.41, 5.74) is 1.07. The van der Waals surface area contributed by atoms with Gasteiger partial charge in [0.2, 0.25) is 0 Å². The maximum atomic E-state index is 6.29. The van der Waals surface area contributed by atoms with Crippen LogP contribution < -0.4 is 4.90 Å². The van der Waals surface area contributed by atoms with Crippen molar-refractivity contribution in [2.45, 2.75) is 32.6 Å². The second-order valence-electron chi connectivity index (χ2n) is 5.46. The van der Waals surface area contributed by atoms with Gasteiger partial charge in [-0.2, -0.15) is 0 Å². The number of hydrogen-bond acceptors (Lipinski definition) is 2. The zero-order valence-corrected chi connectivity index (χ0v) is 13.8. The molecule has 2 rings (SSSR count). The van der Waals surface area contributed by atoms with Crippen molar-refractivity contribution in [3.63, 3.8) is 0 Å². The number of halogens is 2. The smallest absolute Gasteiger partial charge is 0.0825 e. The Morgan fingerprint density at radius 1 is 1.00 bits per heavy atom. The molecule has 0 aromatic heterocycles. The molecule has 0 radical (unpaired) electrons. The van der Waals surface area contributed by atoms with Gasteiger partial charge in [-0.05, 0) is 25.1 Å². The Hall–Kier alpha value is -0.440. The van der Waals surface area contributed by atoms with Crippen LogP contribution in [0.4, 0.5) is 5.69 Å². The number of rotatable bonds is 6. The Balaban J connectivity index is 1.80. The summed E-state index contributed by atoms with van der Waals surface area (Å²) in [6.45, 7) is 7.80. The van der Waals surface area contributed by atoms with E-state index in [1.165, 1.54) is 32.2 Å². The highest BCUT2D eigenvalue weighted by atomic mass is 35.5. The van der Waals surface area contributed by atoms with Crippen LogP contribution in [0.1, 0.15) is 32.6 Å². The van der Waals surface area contributed by atoms with E-state index in [4.69, 9.17) is 23.2 Å². The van der Waals surface area contributed by atoms with E-state index in [0.717, 1.165) is 31.9 Å². The van der Waals surface area contributed by atoms with Crippen LogP contribution in [-0.4, -0.2) is 37.6 Å². The van der Waals surface area contributed by atoms with Gasteiger partial charge in [0, 0.05) is 26.2 Å². The van der Waals surface area contributed by atoms with E-state index < -0.39 is 0 Å². The van der Waals surface area contributed by atoms with Crippen LogP contribution in [0.25, 0.3) is 0 Å². The number of unbranched alkanes of at least 4 members (excludes halogenated alkanes) is 3. The predicted molar refractivity (Wildman–Crippen MR) is 89.3 cm³/mol. The SMILES string of the molecule is CCCCCCN1CCN(c2cccc(Cl)c2Cl)CC1. The quantitative estimate of drug-likeness (QED) is 0.702. The number of hydrogen-bond donors (Lipinski definition) is 0. The van der Waals surface area contributed by atoms with Gasteiger partial charge in [0.15, 0.2) is 0 Å². The third-order valence-corrected chi connectivity index (χ3v) is 4.78. The van der Waals surface area contributed by atoms with E-state index in [1.807, 2.05) is 12.1 Å². The van der Waals surface area contributed by atoms with Crippen LogP contribution in [0.3, 0.4) is 0 Å². The highest BCUT2D eigenvalue weighted by Crippen LogP contribution is 2.32. The fourth-order valence-electron chi connectivity index (χ4n) is 2.71. The van der Waals surface area contributed by atoms with Crippen LogP contribution in [0.5, 0.6) is 0 Å². The fourth-order valence-corrected chi connectivity index (χ4v) is 3.13. The van der Waals surface area contributed by atoms with Crippen molar-refractivity contribution in [1.29, 1.82) is 0 Å². The van der Waals surface area contributed by atoms with Gasteiger partial charge in [-0.25, -0.2) is 0 Å². The molecule has 0 saturated carbocycles. The zero-order valence-electron chi connectivity index (χ0n) is 12.2. The lowest BCUT2D eigenvalue weighted by atomic mass is 10.2. The molecule has 1 fully saturated rings. The molecular weight excluding hydrogens is 291 g/mol. The average molecular weight is 315 g/mol. The summed E-state index contributed by atoms with van der Waals surface area (Å²) >= 11 is 12.4. The molecule has 112 valence electrons. The Morgan fingerprint density at radius 3 is 2.45 bits per heavy atom. The Kier molecular flexibility index (Phi) is 6.47. The molecule has 1 aromatic carbocycles. The molecule has 20 heavy (non-hydrogen) atoms. The molecule has 0 N–H and O–H groups in total. The Bertz CT molecular complexity index is 415. The second kappa shape index (κ2) is 8.11. The molecule has 0 unspecified atom stereocenters. The van der Waals surface area contributed by atoms with Gasteiger partial charge in [-0.3, -0.25) is 4.90 Å². The van der Waals surface area contributed by atoms with E-state index in [-0.39, 0.29) is 0 Å². The van der Waals surface area contributed by atoms with Crippen molar-refractivity contribution in [1.82, 2.24) is 4.90 Å². The van der Waals surface area contributed by atoms with Gasteiger partial charge in [-0.1, -0.05) is 55.5 Å². The zero-order chi connectivity index (χ0) is 14.4. The minimum Gasteiger partial charge on any atom is -0.368 e.